The van der Waals surface area contributed by atoms with E-state index in [-0.39, 0.29) is 11.9 Å². The molecule has 0 heterocycles. The Hall–Kier alpha value is -1.51. The van der Waals surface area contributed by atoms with Gasteiger partial charge in [0.1, 0.15) is 5.75 Å². The number of carbonyl (C=O) groups excluding carboxylic acids is 1. The summed E-state index contributed by atoms with van der Waals surface area (Å²) in [4.78, 5) is 11.5. The van der Waals surface area contributed by atoms with Gasteiger partial charge in [0.05, 0.1) is 20.1 Å². The molecular weight excluding hydrogens is 204 g/mol. The van der Waals surface area contributed by atoms with Crippen LogP contribution in [-0.4, -0.2) is 20.2 Å². The van der Waals surface area contributed by atoms with Crippen molar-refractivity contribution in [3.05, 3.63) is 29.3 Å². The largest absolute Gasteiger partial charge is 0.496 e. The predicted octanol–water partition coefficient (Wildman–Crippen LogP) is 1.97. The van der Waals surface area contributed by atoms with E-state index in [0.717, 1.165) is 30.6 Å². The Balaban J connectivity index is 2.27. The zero-order valence-corrected chi connectivity index (χ0v) is 9.66. The third-order valence-electron chi connectivity index (χ3n) is 3.20. The molecule has 1 aliphatic rings. The van der Waals surface area contributed by atoms with Gasteiger partial charge in [-0.2, -0.15) is 0 Å². The van der Waals surface area contributed by atoms with Crippen molar-refractivity contribution >= 4 is 5.97 Å². The lowest BCUT2D eigenvalue weighted by molar-refractivity contribution is -0.145. The highest BCUT2D eigenvalue weighted by Gasteiger charge is 2.27. The molecule has 0 amide bonds. The first-order valence-electron chi connectivity index (χ1n) is 5.49. The third-order valence-corrected chi connectivity index (χ3v) is 3.20. The van der Waals surface area contributed by atoms with E-state index in [2.05, 4.69) is 6.07 Å². The molecule has 0 saturated heterocycles. The molecule has 2 rings (SSSR count). The van der Waals surface area contributed by atoms with Crippen LogP contribution in [0, 0.1) is 5.92 Å². The molecule has 0 unspecified atom stereocenters. The van der Waals surface area contributed by atoms with E-state index in [9.17, 15) is 4.79 Å². The van der Waals surface area contributed by atoms with Crippen molar-refractivity contribution in [1.82, 2.24) is 0 Å². The molecule has 86 valence electrons. The van der Waals surface area contributed by atoms with Crippen molar-refractivity contribution in [2.45, 2.75) is 19.3 Å². The van der Waals surface area contributed by atoms with E-state index in [1.54, 1.807) is 7.11 Å². The Labute approximate surface area is 95.4 Å². The zero-order chi connectivity index (χ0) is 11.5. The lowest BCUT2D eigenvalue weighted by atomic mass is 9.83. The maximum atomic E-state index is 11.5. The van der Waals surface area contributed by atoms with Gasteiger partial charge in [-0.1, -0.05) is 12.1 Å². The number of methoxy groups -OCH3 is 2. The summed E-state index contributed by atoms with van der Waals surface area (Å²) >= 11 is 0. The Morgan fingerprint density at radius 1 is 1.38 bits per heavy atom. The molecule has 16 heavy (non-hydrogen) atoms. The summed E-state index contributed by atoms with van der Waals surface area (Å²) in [5, 5.41) is 0. The van der Waals surface area contributed by atoms with E-state index in [1.807, 2.05) is 12.1 Å². The summed E-state index contributed by atoms with van der Waals surface area (Å²) in [6.45, 7) is 0. The second-order valence-corrected chi connectivity index (χ2v) is 4.06. The van der Waals surface area contributed by atoms with E-state index in [1.165, 1.54) is 12.7 Å². The van der Waals surface area contributed by atoms with Gasteiger partial charge in [0.25, 0.3) is 0 Å². The van der Waals surface area contributed by atoms with E-state index < -0.39 is 0 Å². The maximum absolute atomic E-state index is 11.5. The SMILES string of the molecule is COC(=O)[C@H]1CCc2cccc(OC)c2C1. The van der Waals surface area contributed by atoms with Crippen molar-refractivity contribution in [2.75, 3.05) is 14.2 Å². The Morgan fingerprint density at radius 2 is 2.19 bits per heavy atom. The average molecular weight is 220 g/mol. The fourth-order valence-corrected chi connectivity index (χ4v) is 2.31. The van der Waals surface area contributed by atoms with Crippen LogP contribution in [0.15, 0.2) is 18.2 Å². The molecule has 0 N–H and O–H groups in total. The van der Waals surface area contributed by atoms with Gasteiger partial charge in [-0.05, 0) is 36.5 Å². The summed E-state index contributed by atoms with van der Waals surface area (Å²) < 4.78 is 10.1. The van der Waals surface area contributed by atoms with E-state index in [4.69, 9.17) is 9.47 Å². The number of benzene rings is 1. The topological polar surface area (TPSA) is 35.5 Å². The third kappa shape index (κ3) is 1.90. The average Bonchev–Trinajstić information content (AvgIpc) is 2.36. The van der Waals surface area contributed by atoms with Crippen molar-refractivity contribution in [1.29, 1.82) is 0 Å². The van der Waals surface area contributed by atoms with Crippen LogP contribution >= 0.6 is 0 Å². The quantitative estimate of drug-likeness (QED) is 0.715. The normalized spacial score (nSPS) is 18.8. The molecule has 0 aliphatic heterocycles. The molecule has 1 aliphatic carbocycles. The first-order chi connectivity index (χ1) is 7.76. The van der Waals surface area contributed by atoms with Crippen molar-refractivity contribution in [3.8, 4) is 5.75 Å². The van der Waals surface area contributed by atoms with Gasteiger partial charge in [-0.15, -0.1) is 0 Å². The molecule has 0 saturated carbocycles. The van der Waals surface area contributed by atoms with E-state index in [0.29, 0.717) is 0 Å². The molecule has 3 heteroatoms. The van der Waals surface area contributed by atoms with Gasteiger partial charge in [0, 0.05) is 0 Å². The molecule has 3 nitrogen and oxygen atoms in total. The van der Waals surface area contributed by atoms with Crippen molar-refractivity contribution in [3.63, 3.8) is 0 Å². The van der Waals surface area contributed by atoms with Crippen LogP contribution in [0.2, 0.25) is 0 Å². The zero-order valence-electron chi connectivity index (χ0n) is 9.66. The van der Waals surface area contributed by atoms with Crippen LogP contribution in [0.1, 0.15) is 17.5 Å². The smallest absolute Gasteiger partial charge is 0.309 e. The standard InChI is InChI=1S/C13H16O3/c1-15-12-5-3-4-9-6-7-10(8-11(9)12)13(14)16-2/h3-5,10H,6-8H2,1-2H3/t10-/m0/s1. The molecule has 1 atom stereocenters. The number of fused-ring (bicyclic) bond motifs is 1. The molecule has 0 spiro atoms. The van der Waals surface area contributed by atoms with Crippen LogP contribution in [0.25, 0.3) is 0 Å². The highest BCUT2D eigenvalue weighted by molar-refractivity contribution is 5.73. The van der Waals surface area contributed by atoms with Crippen LogP contribution in [0.5, 0.6) is 5.75 Å². The van der Waals surface area contributed by atoms with Gasteiger partial charge in [0.2, 0.25) is 0 Å². The second-order valence-electron chi connectivity index (χ2n) is 4.06. The lowest BCUT2D eigenvalue weighted by Crippen LogP contribution is -2.24. The van der Waals surface area contributed by atoms with E-state index >= 15 is 0 Å². The summed E-state index contributed by atoms with van der Waals surface area (Å²) in [5.41, 5.74) is 2.45. The van der Waals surface area contributed by atoms with Crippen LogP contribution < -0.4 is 4.74 Å². The molecule has 0 radical (unpaired) electrons. The van der Waals surface area contributed by atoms with Gasteiger partial charge in [-0.25, -0.2) is 0 Å². The maximum Gasteiger partial charge on any atom is 0.309 e. The molecule has 1 aromatic carbocycles. The second kappa shape index (κ2) is 4.56. The van der Waals surface area contributed by atoms with Crippen LogP contribution in [-0.2, 0) is 22.4 Å². The van der Waals surface area contributed by atoms with Crippen LogP contribution in [0.4, 0.5) is 0 Å². The summed E-state index contributed by atoms with van der Waals surface area (Å²) in [6, 6.07) is 6.04. The first kappa shape index (κ1) is 11.0. The fraction of sp³-hybridized carbons (Fsp3) is 0.462. The Kier molecular flexibility index (Phi) is 3.13. The fourth-order valence-electron chi connectivity index (χ4n) is 2.31. The molecule has 0 aromatic heterocycles. The number of rotatable bonds is 2. The summed E-state index contributed by atoms with van der Waals surface area (Å²) in [7, 11) is 3.11. The Morgan fingerprint density at radius 3 is 2.88 bits per heavy atom. The number of carbonyl (C=O) groups is 1. The number of esters is 1. The molecule has 0 fully saturated rings. The molecule has 0 bridgehead atoms. The minimum Gasteiger partial charge on any atom is -0.496 e. The van der Waals surface area contributed by atoms with Gasteiger partial charge in [0.15, 0.2) is 0 Å². The summed E-state index contributed by atoms with van der Waals surface area (Å²) in [6.07, 6.45) is 2.52. The monoisotopic (exact) mass is 220 g/mol. The number of hydrogen-bond acceptors (Lipinski definition) is 3. The minimum atomic E-state index is -0.114. The molecule has 1 aromatic rings. The highest BCUT2D eigenvalue weighted by Crippen LogP contribution is 2.32. The Bertz CT molecular complexity index is 384. The van der Waals surface area contributed by atoms with Gasteiger partial charge >= 0.3 is 5.97 Å². The lowest BCUT2D eigenvalue weighted by Gasteiger charge is -2.24. The number of hydrogen-bond donors (Lipinski definition) is 0. The first-order valence-corrected chi connectivity index (χ1v) is 5.49. The summed E-state index contributed by atoms with van der Waals surface area (Å²) in [5.74, 6) is 0.747. The minimum absolute atomic E-state index is 0.0196. The van der Waals surface area contributed by atoms with Crippen LogP contribution in [0.3, 0.4) is 0 Å². The number of aryl methyl sites for hydroxylation is 1. The van der Waals surface area contributed by atoms with Crippen molar-refractivity contribution in [2.24, 2.45) is 5.92 Å². The highest BCUT2D eigenvalue weighted by atomic mass is 16.5. The van der Waals surface area contributed by atoms with Gasteiger partial charge in [-0.3, -0.25) is 4.79 Å². The predicted molar refractivity (Wildman–Crippen MR) is 60.5 cm³/mol. The number of ether oxygens (including phenoxy) is 2. The van der Waals surface area contributed by atoms with Crippen molar-refractivity contribution < 1.29 is 14.3 Å². The molecular formula is C13H16O3. The van der Waals surface area contributed by atoms with Gasteiger partial charge < -0.3 is 9.47 Å².